The zero-order chi connectivity index (χ0) is 11.5. The monoisotopic (exact) mass is 293 g/mol. The van der Waals surface area contributed by atoms with Crippen molar-refractivity contribution in [3.05, 3.63) is 22.7 Å². The second-order valence-electron chi connectivity index (χ2n) is 2.83. The fourth-order valence-corrected chi connectivity index (χ4v) is 2.81. The molecule has 1 rings (SSSR count). The van der Waals surface area contributed by atoms with E-state index >= 15 is 0 Å². The lowest BCUT2D eigenvalue weighted by Crippen LogP contribution is -2.23. The smallest absolute Gasteiger partial charge is 0.240 e. The largest absolute Gasteiger partial charge is 0.497 e. The highest BCUT2D eigenvalue weighted by molar-refractivity contribution is 9.10. The van der Waals surface area contributed by atoms with E-state index in [1.807, 2.05) is 0 Å². The van der Waals surface area contributed by atoms with Crippen LogP contribution in [0.3, 0.4) is 0 Å². The highest BCUT2D eigenvalue weighted by Crippen LogP contribution is 2.23. The third-order valence-electron chi connectivity index (χ3n) is 1.73. The Balaban J connectivity index is 3.20. The molecule has 0 unspecified atom stereocenters. The minimum atomic E-state index is -3.43. The number of halogens is 1. The normalized spacial score (nSPS) is 11.4. The van der Waals surface area contributed by atoms with Crippen LogP contribution in [-0.4, -0.2) is 22.1 Å². The molecule has 4 nitrogen and oxygen atoms in total. The number of benzene rings is 1. The molecule has 0 atom stereocenters. The topological polar surface area (TPSA) is 55.4 Å². The maximum absolute atomic E-state index is 11.7. The summed E-state index contributed by atoms with van der Waals surface area (Å²) in [5.41, 5.74) is 0. The molecular formula is C9H12BrNO3S. The van der Waals surface area contributed by atoms with Gasteiger partial charge in [-0.25, -0.2) is 13.1 Å². The summed E-state index contributed by atoms with van der Waals surface area (Å²) in [4.78, 5) is 0.190. The van der Waals surface area contributed by atoms with E-state index in [9.17, 15) is 8.42 Å². The van der Waals surface area contributed by atoms with Crippen molar-refractivity contribution in [1.29, 1.82) is 0 Å². The maximum Gasteiger partial charge on any atom is 0.240 e. The minimum absolute atomic E-state index is 0.190. The van der Waals surface area contributed by atoms with Gasteiger partial charge in [0.1, 0.15) is 5.75 Å². The van der Waals surface area contributed by atoms with Crippen LogP contribution in [0.2, 0.25) is 0 Å². The molecule has 1 aromatic rings. The average Bonchev–Trinajstić information content (AvgIpc) is 2.16. The first-order chi connectivity index (χ1) is 6.99. The van der Waals surface area contributed by atoms with Gasteiger partial charge < -0.3 is 4.74 Å². The lowest BCUT2D eigenvalue weighted by Gasteiger charge is -2.07. The van der Waals surface area contributed by atoms with E-state index in [0.717, 1.165) is 0 Å². The number of hydrogen-bond donors (Lipinski definition) is 1. The molecule has 0 amide bonds. The number of nitrogens with one attached hydrogen (secondary N) is 1. The zero-order valence-electron chi connectivity index (χ0n) is 8.45. The summed E-state index contributed by atoms with van der Waals surface area (Å²) < 4.78 is 31.4. The van der Waals surface area contributed by atoms with Crippen molar-refractivity contribution in [3.8, 4) is 5.75 Å². The van der Waals surface area contributed by atoms with Crippen molar-refractivity contribution in [3.63, 3.8) is 0 Å². The number of rotatable bonds is 4. The molecule has 0 saturated carbocycles. The maximum atomic E-state index is 11.7. The van der Waals surface area contributed by atoms with Crippen LogP contribution >= 0.6 is 15.9 Å². The van der Waals surface area contributed by atoms with Gasteiger partial charge in [0, 0.05) is 17.1 Å². The molecule has 0 aliphatic rings. The average molecular weight is 294 g/mol. The Morgan fingerprint density at radius 3 is 2.60 bits per heavy atom. The van der Waals surface area contributed by atoms with Gasteiger partial charge in [0.25, 0.3) is 0 Å². The van der Waals surface area contributed by atoms with Crippen LogP contribution in [0, 0.1) is 0 Å². The van der Waals surface area contributed by atoms with Gasteiger partial charge in [0.2, 0.25) is 10.0 Å². The third kappa shape index (κ3) is 3.19. The number of methoxy groups -OCH3 is 1. The van der Waals surface area contributed by atoms with Crippen LogP contribution in [0.4, 0.5) is 0 Å². The Kier molecular flexibility index (Phi) is 4.12. The van der Waals surface area contributed by atoms with Gasteiger partial charge in [-0.2, -0.15) is 0 Å². The van der Waals surface area contributed by atoms with Gasteiger partial charge >= 0.3 is 0 Å². The lowest BCUT2D eigenvalue weighted by atomic mass is 10.3. The molecule has 84 valence electrons. The van der Waals surface area contributed by atoms with E-state index in [4.69, 9.17) is 4.74 Å². The van der Waals surface area contributed by atoms with E-state index in [1.54, 1.807) is 13.0 Å². The van der Waals surface area contributed by atoms with E-state index < -0.39 is 10.0 Å². The van der Waals surface area contributed by atoms with Crippen LogP contribution in [0.1, 0.15) is 6.92 Å². The fraction of sp³-hybridized carbons (Fsp3) is 0.333. The molecule has 6 heteroatoms. The number of ether oxygens (including phenoxy) is 1. The Bertz CT molecular complexity index is 445. The molecule has 0 fully saturated rings. The Morgan fingerprint density at radius 2 is 2.07 bits per heavy atom. The van der Waals surface area contributed by atoms with E-state index in [-0.39, 0.29) is 4.90 Å². The first-order valence-corrected chi connectivity index (χ1v) is 6.61. The van der Waals surface area contributed by atoms with Crippen molar-refractivity contribution < 1.29 is 13.2 Å². The van der Waals surface area contributed by atoms with E-state index in [1.165, 1.54) is 19.2 Å². The van der Waals surface area contributed by atoms with Crippen molar-refractivity contribution in [2.45, 2.75) is 11.8 Å². The molecule has 15 heavy (non-hydrogen) atoms. The van der Waals surface area contributed by atoms with Crippen molar-refractivity contribution in [2.24, 2.45) is 0 Å². The second kappa shape index (κ2) is 4.96. The molecule has 1 N–H and O–H groups in total. The zero-order valence-corrected chi connectivity index (χ0v) is 10.9. The molecule has 0 aliphatic heterocycles. The SMILES string of the molecule is CCNS(=O)(=O)c1cc(Br)cc(OC)c1. The van der Waals surface area contributed by atoms with Crippen molar-refractivity contribution in [1.82, 2.24) is 4.72 Å². The van der Waals surface area contributed by atoms with Gasteiger partial charge in [0.15, 0.2) is 0 Å². The molecular weight excluding hydrogens is 282 g/mol. The standard InChI is InChI=1S/C9H12BrNO3S/c1-3-11-15(12,13)9-5-7(10)4-8(6-9)14-2/h4-6,11H,3H2,1-2H3. The molecule has 0 saturated heterocycles. The van der Waals surface area contributed by atoms with Gasteiger partial charge in [-0.1, -0.05) is 22.9 Å². The van der Waals surface area contributed by atoms with Crippen LogP contribution < -0.4 is 9.46 Å². The number of hydrogen-bond acceptors (Lipinski definition) is 3. The molecule has 0 aromatic heterocycles. The van der Waals surface area contributed by atoms with Crippen LogP contribution in [0.25, 0.3) is 0 Å². The highest BCUT2D eigenvalue weighted by atomic mass is 79.9. The number of sulfonamides is 1. The summed E-state index contributed by atoms with van der Waals surface area (Å²) in [5.74, 6) is 0.501. The minimum Gasteiger partial charge on any atom is -0.497 e. The molecule has 1 aromatic carbocycles. The first-order valence-electron chi connectivity index (χ1n) is 4.34. The predicted octanol–water partition coefficient (Wildman–Crippen LogP) is 1.76. The van der Waals surface area contributed by atoms with Gasteiger partial charge in [-0.15, -0.1) is 0 Å². The van der Waals surface area contributed by atoms with Gasteiger partial charge in [0.05, 0.1) is 12.0 Å². The van der Waals surface area contributed by atoms with Crippen LogP contribution in [0.15, 0.2) is 27.6 Å². The molecule has 0 radical (unpaired) electrons. The lowest BCUT2D eigenvalue weighted by molar-refractivity contribution is 0.413. The molecule has 0 bridgehead atoms. The predicted molar refractivity (Wildman–Crippen MR) is 61.6 cm³/mol. The van der Waals surface area contributed by atoms with E-state index in [2.05, 4.69) is 20.7 Å². The highest BCUT2D eigenvalue weighted by Gasteiger charge is 2.14. The molecule has 0 spiro atoms. The molecule has 0 aliphatic carbocycles. The first kappa shape index (κ1) is 12.5. The molecule has 0 heterocycles. The van der Waals surface area contributed by atoms with E-state index in [0.29, 0.717) is 16.8 Å². The quantitative estimate of drug-likeness (QED) is 0.920. The van der Waals surface area contributed by atoms with Crippen LogP contribution in [-0.2, 0) is 10.0 Å². The summed E-state index contributed by atoms with van der Waals surface area (Å²) in [5, 5.41) is 0. The fourth-order valence-electron chi connectivity index (χ4n) is 1.08. The van der Waals surface area contributed by atoms with Crippen molar-refractivity contribution >= 4 is 26.0 Å². The Morgan fingerprint density at radius 1 is 1.40 bits per heavy atom. The third-order valence-corrected chi connectivity index (χ3v) is 3.71. The van der Waals surface area contributed by atoms with Crippen LogP contribution in [0.5, 0.6) is 5.75 Å². The Labute approximate surface area is 97.8 Å². The Hall–Kier alpha value is -0.590. The van der Waals surface area contributed by atoms with Gasteiger partial charge in [-0.3, -0.25) is 0 Å². The second-order valence-corrected chi connectivity index (χ2v) is 5.51. The van der Waals surface area contributed by atoms with Crippen molar-refractivity contribution in [2.75, 3.05) is 13.7 Å². The summed E-state index contributed by atoms with van der Waals surface area (Å²) in [6.07, 6.45) is 0. The summed E-state index contributed by atoms with van der Waals surface area (Å²) in [7, 11) is -1.93. The van der Waals surface area contributed by atoms with Gasteiger partial charge in [-0.05, 0) is 12.1 Å². The summed E-state index contributed by atoms with van der Waals surface area (Å²) in [6.45, 7) is 2.09. The summed E-state index contributed by atoms with van der Waals surface area (Å²) in [6, 6.07) is 4.70. The summed E-state index contributed by atoms with van der Waals surface area (Å²) >= 11 is 3.23.